The van der Waals surface area contributed by atoms with Crippen molar-refractivity contribution >= 4 is 42.3 Å². The maximum Gasteiger partial charge on any atom is 0.320 e. The standard InChI is InChI=1S/C20H23N7O.2ClH/c28-20(25-9-3-4-10-25)26-13-11-24(12-14-26)19-7-6-18-22-15-17(27(18)23-19)16-5-1-2-8-21-16;;/h1-2,5-8,15H,3-4,9-14H2;2*1H. The van der Waals surface area contributed by atoms with Crippen molar-refractivity contribution in [3.05, 3.63) is 42.7 Å². The third-order valence-corrected chi connectivity index (χ3v) is 5.53. The summed E-state index contributed by atoms with van der Waals surface area (Å²) in [6.07, 6.45) is 5.83. The maximum absolute atomic E-state index is 12.6. The summed E-state index contributed by atoms with van der Waals surface area (Å²) in [7, 11) is 0. The first-order valence-electron chi connectivity index (χ1n) is 9.84. The van der Waals surface area contributed by atoms with Crippen LogP contribution < -0.4 is 4.90 Å². The minimum atomic E-state index is 0. The summed E-state index contributed by atoms with van der Waals surface area (Å²) in [5.41, 5.74) is 2.52. The zero-order valence-electron chi connectivity index (χ0n) is 16.6. The zero-order chi connectivity index (χ0) is 18.9. The van der Waals surface area contributed by atoms with Crippen molar-refractivity contribution in [1.82, 2.24) is 29.4 Å². The van der Waals surface area contributed by atoms with Gasteiger partial charge in [0, 0.05) is 45.5 Å². The lowest BCUT2D eigenvalue weighted by Crippen LogP contribution is -2.52. The molecule has 3 aromatic heterocycles. The maximum atomic E-state index is 12.6. The van der Waals surface area contributed by atoms with Crippen molar-refractivity contribution in [1.29, 1.82) is 0 Å². The molecule has 2 saturated heterocycles. The predicted octanol–water partition coefficient (Wildman–Crippen LogP) is 2.97. The number of hydrogen-bond donors (Lipinski definition) is 0. The van der Waals surface area contributed by atoms with Crippen LogP contribution in [0.2, 0.25) is 0 Å². The Bertz CT molecular complexity index is 983. The average molecular weight is 450 g/mol. The molecular formula is C20H25Cl2N7O. The van der Waals surface area contributed by atoms with Crippen molar-refractivity contribution in [3.8, 4) is 11.4 Å². The monoisotopic (exact) mass is 449 g/mol. The van der Waals surface area contributed by atoms with Crippen LogP contribution in [0.4, 0.5) is 10.6 Å². The van der Waals surface area contributed by atoms with Crippen LogP contribution in [0.25, 0.3) is 17.0 Å². The highest BCUT2D eigenvalue weighted by atomic mass is 35.5. The number of halogens is 2. The summed E-state index contributed by atoms with van der Waals surface area (Å²) in [4.78, 5) is 27.6. The molecule has 0 saturated carbocycles. The molecule has 0 N–H and O–H groups in total. The van der Waals surface area contributed by atoms with E-state index in [0.29, 0.717) is 0 Å². The summed E-state index contributed by atoms with van der Waals surface area (Å²) in [5, 5.41) is 4.81. The van der Waals surface area contributed by atoms with Gasteiger partial charge in [-0.1, -0.05) is 6.07 Å². The molecule has 0 unspecified atom stereocenters. The Balaban J connectivity index is 0.00000128. The third-order valence-electron chi connectivity index (χ3n) is 5.53. The van der Waals surface area contributed by atoms with Crippen molar-refractivity contribution in [2.45, 2.75) is 12.8 Å². The Morgan fingerprint density at radius 2 is 1.57 bits per heavy atom. The number of aromatic nitrogens is 4. The van der Waals surface area contributed by atoms with Crippen LogP contribution in [0.1, 0.15) is 12.8 Å². The van der Waals surface area contributed by atoms with E-state index in [2.05, 4.69) is 14.9 Å². The number of urea groups is 1. The number of likely N-dealkylation sites (tertiary alicyclic amines) is 1. The molecule has 160 valence electrons. The molecule has 5 heterocycles. The fourth-order valence-electron chi connectivity index (χ4n) is 3.96. The van der Waals surface area contributed by atoms with E-state index >= 15 is 0 Å². The molecule has 2 aliphatic rings. The molecule has 0 bridgehead atoms. The van der Waals surface area contributed by atoms with Crippen molar-refractivity contribution in [2.24, 2.45) is 0 Å². The summed E-state index contributed by atoms with van der Waals surface area (Å²) in [5.74, 6) is 0.899. The van der Waals surface area contributed by atoms with Crippen LogP contribution in [-0.2, 0) is 0 Å². The second-order valence-corrected chi connectivity index (χ2v) is 7.27. The molecule has 2 amide bonds. The van der Waals surface area contributed by atoms with Gasteiger partial charge >= 0.3 is 6.03 Å². The Morgan fingerprint density at radius 1 is 0.833 bits per heavy atom. The van der Waals surface area contributed by atoms with E-state index in [4.69, 9.17) is 5.10 Å². The lowest BCUT2D eigenvalue weighted by Gasteiger charge is -2.37. The van der Waals surface area contributed by atoms with E-state index in [-0.39, 0.29) is 30.8 Å². The molecule has 0 spiro atoms. The van der Waals surface area contributed by atoms with Gasteiger partial charge in [-0.3, -0.25) is 4.98 Å². The molecule has 0 atom stereocenters. The van der Waals surface area contributed by atoms with Crippen LogP contribution >= 0.6 is 24.8 Å². The van der Waals surface area contributed by atoms with Crippen LogP contribution in [-0.4, -0.2) is 74.7 Å². The predicted molar refractivity (Wildman–Crippen MR) is 121 cm³/mol. The number of fused-ring (bicyclic) bond motifs is 1. The molecule has 2 aliphatic heterocycles. The Morgan fingerprint density at radius 3 is 2.27 bits per heavy atom. The van der Waals surface area contributed by atoms with Gasteiger partial charge in [0.25, 0.3) is 0 Å². The van der Waals surface area contributed by atoms with Gasteiger partial charge in [-0.2, -0.15) is 0 Å². The number of imidazole rings is 1. The van der Waals surface area contributed by atoms with E-state index in [9.17, 15) is 4.79 Å². The molecule has 10 heteroatoms. The lowest BCUT2D eigenvalue weighted by atomic mass is 10.3. The van der Waals surface area contributed by atoms with Crippen molar-refractivity contribution < 1.29 is 4.79 Å². The summed E-state index contributed by atoms with van der Waals surface area (Å²) in [6, 6.07) is 9.99. The van der Waals surface area contributed by atoms with E-state index in [1.807, 2.05) is 44.6 Å². The minimum absolute atomic E-state index is 0. The van der Waals surface area contributed by atoms with Crippen LogP contribution in [0, 0.1) is 0 Å². The highest BCUT2D eigenvalue weighted by molar-refractivity contribution is 5.85. The number of nitrogens with zero attached hydrogens (tertiary/aromatic N) is 7. The average Bonchev–Trinajstić information content (AvgIpc) is 3.44. The summed E-state index contributed by atoms with van der Waals surface area (Å²) < 4.78 is 1.85. The van der Waals surface area contributed by atoms with Gasteiger partial charge in [-0.15, -0.1) is 29.9 Å². The van der Waals surface area contributed by atoms with Gasteiger partial charge in [0.15, 0.2) is 5.65 Å². The topological polar surface area (TPSA) is 69.9 Å². The van der Waals surface area contributed by atoms with Gasteiger partial charge in [-0.05, 0) is 37.1 Å². The molecule has 30 heavy (non-hydrogen) atoms. The van der Waals surface area contributed by atoms with E-state index in [0.717, 1.165) is 75.0 Å². The molecule has 2 fully saturated rings. The highest BCUT2D eigenvalue weighted by Crippen LogP contribution is 2.21. The fraction of sp³-hybridized carbons (Fsp3) is 0.400. The number of amides is 2. The van der Waals surface area contributed by atoms with Crippen LogP contribution in [0.5, 0.6) is 0 Å². The quantitative estimate of drug-likeness (QED) is 0.601. The molecule has 0 radical (unpaired) electrons. The van der Waals surface area contributed by atoms with E-state index in [1.54, 1.807) is 12.4 Å². The molecule has 3 aromatic rings. The van der Waals surface area contributed by atoms with Gasteiger partial charge in [0.1, 0.15) is 11.5 Å². The second-order valence-electron chi connectivity index (χ2n) is 7.27. The SMILES string of the molecule is Cl.Cl.O=C(N1CCCC1)N1CCN(c2ccc3ncc(-c4ccccn4)n3n2)CC1. The first-order valence-corrected chi connectivity index (χ1v) is 9.84. The molecule has 5 rings (SSSR count). The lowest BCUT2D eigenvalue weighted by molar-refractivity contribution is 0.159. The number of pyridine rings is 1. The first-order chi connectivity index (χ1) is 13.8. The van der Waals surface area contributed by atoms with E-state index in [1.165, 1.54) is 0 Å². The second kappa shape index (κ2) is 9.49. The highest BCUT2D eigenvalue weighted by Gasteiger charge is 2.27. The summed E-state index contributed by atoms with van der Waals surface area (Å²) >= 11 is 0. The van der Waals surface area contributed by atoms with Gasteiger partial charge < -0.3 is 14.7 Å². The first kappa shape index (κ1) is 22.1. The van der Waals surface area contributed by atoms with Crippen molar-refractivity contribution in [2.75, 3.05) is 44.2 Å². The largest absolute Gasteiger partial charge is 0.352 e. The fourth-order valence-corrected chi connectivity index (χ4v) is 3.96. The third kappa shape index (κ3) is 4.15. The molecular weight excluding hydrogens is 425 g/mol. The van der Waals surface area contributed by atoms with Gasteiger partial charge in [0.2, 0.25) is 0 Å². The van der Waals surface area contributed by atoms with E-state index < -0.39 is 0 Å². The number of hydrogen-bond acceptors (Lipinski definition) is 5. The number of anilines is 1. The number of piperazine rings is 1. The van der Waals surface area contributed by atoms with Crippen LogP contribution in [0.3, 0.4) is 0 Å². The van der Waals surface area contributed by atoms with Crippen LogP contribution in [0.15, 0.2) is 42.7 Å². The minimum Gasteiger partial charge on any atom is -0.352 e. The number of rotatable bonds is 2. The Labute approximate surface area is 187 Å². The molecule has 8 nitrogen and oxygen atoms in total. The normalized spacial score (nSPS) is 16.3. The van der Waals surface area contributed by atoms with Gasteiger partial charge in [-0.25, -0.2) is 14.3 Å². The Hall–Kier alpha value is -2.58. The number of carbonyl (C=O) groups excluding carboxylic acids is 1. The summed E-state index contributed by atoms with van der Waals surface area (Å²) in [6.45, 7) is 4.82. The van der Waals surface area contributed by atoms with Gasteiger partial charge in [0.05, 0.1) is 11.9 Å². The number of carbonyl (C=O) groups is 1. The smallest absolute Gasteiger partial charge is 0.320 e. The Kier molecular flexibility index (Phi) is 6.99. The molecule has 0 aliphatic carbocycles. The zero-order valence-corrected chi connectivity index (χ0v) is 18.2. The van der Waals surface area contributed by atoms with Crippen molar-refractivity contribution in [3.63, 3.8) is 0 Å². The molecule has 0 aromatic carbocycles.